The van der Waals surface area contributed by atoms with Crippen LogP contribution < -0.4 is 5.73 Å². The lowest BCUT2D eigenvalue weighted by molar-refractivity contribution is 0.0790. The molecular weight excluding hydrogens is 270 g/mol. The third-order valence-corrected chi connectivity index (χ3v) is 3.84. The van der Waals surface area contributed by atoms with Crippen LogP contribution in [0.1, 0.15) is 0 Å². The standard InChI is InChI=1S/C11H15N3O2S2/c1-15-3-4-16-5-7-18-11-13-9(12)8-2-6-17-10(8)14-11/h2,6H,3-5,7H2,1H3,(H2,12,13,14). The van der Waals surface area contributed by atoms with E-state index in [1.54, 1.807) is 30.2 Å². The molecule has 0 radical (unpaired) electrons. The van der Waals surface area contributed by atoms with E-state index < -0.39 is 0 Å². The number of anilines is 1. The van der Waals surface area contributed by atoms with E-state index in [0.717, 1.165) is 16.0 Å². The van der Waals surface area contributed by atoms with Crippen LogP contribution >= 0.6 is 23.1 Å². The number of nitrogens with zero attached hydrogens (tertiary/aromatic N) is 2. The van der Waals surface area contributed by atoms with Crippen molar-refractivity contribution in [3.63, 3.8) is 0 Å². The monoisotopic (exact) mass is 285 g/mol. The predicted molar refractivity (Wildman–Crippen MR) is 75.2 cm³/mol. The number of aromatic nitrogens is 2. The third-order valence-electron chi connectivity index (χ3n) is 2.22. The van der Waals surface area contributed by atoms with Crippen molar-refractivity contribution in [1.29, 1.82) is 0 Å². The van der Waals surface area contributed by atoms with Crippen LogP contribution in [0.25, 0.3) is 10.2 Å². The molecule has 2 aromatic heterocycles. The van der Waals surface area contributed by atoms with Crippen LogP contribution in [0, 0.1) is 0 Å². The van der Waals surface area contributed by atoms with Gasteiger partial charge in [0.2, 0.25) is 0 Å². The SMILES string of the molecule is COCCOCCSc1nc(N)c2ccsc2n1. The zero-order valence-electron chi connectivity index (χ0n) is 10.1. The van der Waals surface area contributed by atoms with E-state index in [9.17, 15) is 0 Å². The Kier molecular flexibility index (Phi) is 5.18. The number of thioether (sulfide) groups is 1. The van der Waals surface area contributed by atoms with Gasteiger partial charge in [-0.25, -0.2) is 9.97 Å². The number of rotatable bonds is 7. The van der Waals surface area contributed by atoms with Crippen molar-refractivity contribution in [2.24, 2.45) is 0 Å². The lowest BCUT2D eigenvalue weighted by Gasteiger charge is -2.03. The van der Waals surface area contributed by atoms with Gasteiger partial charge in [0, 0.05) is 12.9 Å². The van der Waals surface area contributed by atoms with E-state index in [1.165, 1.54) is 0 Å². The van der Waals surface area contributed by atoms with Crippen molar-refractivity contribution in [2.45, 2.75) is 5.16 Å². The second kappa shape index (κ2) is 6.89. The van der Waals surface area contributed by atoms with Crippen LogP contribution in [-0.2, 0) is 9.47 Å². The Bertz CT molecular complexity index is 504. The quantitative estimate of drug-likeness (QED) is 0.477. The largest absolute Gasteiger partial charge is 0.383 e. The highest BCUT2D eigenvalue weighted by atomic mass is 32.2. The second-order valence-electron chi connectivity index (χ2n) is 3.48. The van der Waals surface area contributed by atoms with Crippen LogP contribution in [-0.4, -0.2) is 42.7 Å². The fourth-order valence-corrected chi connectivity index (χ4v) is 2.89. The normalized spacial score (nSPS) is 11.2. The molecule has 0 unspecified atom stereocenters. The Hall–Kier alpha value is -0.890. The fourth-order valence-electron chi connectivity index (χ4n) is 1.36. The summed E-state index contributed by atoms with van der Waals surface area (Å²) < 4.78 is 10.3. The minimum absolute atomic E-state index is 0.545. The average Bonchev–Trinajstić information content (AvgIpc) is 2.82. The van der Waals surface area contributed by atoms with Crippen LogP contribution in [0.2, 0.25) is 0 Å². The molecular formula is C11H15N3O2S2. The maximum Gasteiger partial charge on any atom is 0.190 e. The molecule has 0 amide bonds. The molecule has 0 aliphatic carbocycles. The van der Waals surface area contributed by atoms with E-state index in [4.69, 9.17) is 15.2 Å². The van der Waals surface area contributed by atoms with E-state index in [1.807, 2.05) is 11.4 Å². The molecule has 2 rings (SSSR count). The number of hydrogen-bond acceptors (Lipinski definition) is 7. The van der Waals surface area contributed by atoms with Crippen LogP contribution in [0.3, 0.4) is 0 Å². The molecule has 2 aromatic rings. The molecule has 0 aliphatic heterocycles. The number of thiophene rings is 1. The van der Waals surface area contributed by atoms with E-state index >= 15 is 0 Å². The average molecular weight is 285 g/mol. The molecule has 0 saturated carbocycles. The Morgan fingerprint density at radius 1 is 1.33 bits per heavy atom. The van der Waals surface area contributed by atoms with Gasteiger partial charge in [0.05, 0.1) is 25.2 Å². The second-order valence-corrected chi connectivity index (χ2v) is 5.44. The predicted octanol–water partition coefficient (Wildman–Crippen LogP) is 2.03. The molecule has 2 N–H and O–H groups in total. The summed E-state index contributed by atoms with van der Waals surface area (Å²) in [7, 11) is 1.66. The number of methoxy groups -OCH3 is 1. The van der Waals surface area contributed by atoms with Gasteiger partial charge in [-0.1, -0.05) is 11.8 Å². The molecule has 2 heterocycles. The Morgan fingerprint density at radius 2 is 2.22 bits per heavy atom. The summed E-state index contributed by atoms with van der Waals surface area (Å²) in [6, 6.07) is 1.94. The van der Waals surface area contributed by atoms with Gasteiger partial charge >= 0.3 is 0 Å². The van der Waals surface area contributed by atoms with Crippen molar-refractivity contribution in [3.05, 3.63) is 11.4 Å². The van der Waals surface area contributed by atoms with Gasteiger partial charge in [-0.3, -0.25) is 0 Å². The van der Waals surface area contributed by atoms with Gasteiger partial charge in [0.1, 0.15) is 10.6 Å². The summed E-state index contributed by atoms with van der Waals surface area (Å²) in [6.45, 7) is 1.89. The highest BCUT2D eigenvalue weighted by Gasteiger charge is 2.06. The molecule has 98 valence electrons. The summed E-state index contributed by atoms with van der Waals surface area (Å²) >= 11 is 3.12. The topological polar surface area (TPSA) is 70.3 Å². The van der Waals surface area contributed by atoms with Crippen molar-refractivity contribution < 1.29 is 9.47 Å². The highest BCUT2D eigenvalue weighted by molar-refractivity contribution is 7.99. The van der Waals surface area contributed by atoms with Gasteiger partial charge in [-0.15, -0.1) is 11.3 Å². The zero-order chi connectivity index (χ0) is 12.8. The molecule has 0 aromatic carbocycles. The number of ether oxygens (including phenoxy) is 2. The van der Waals surface area contributed by atoms with Gasteiger partial charge in [0.15, 0.2) is 5.16 Å². The zero-order valence-corrected chi connectivity index (χ0v) is 11.7. The van der Waals surface area contributed by atoms with Gasteiger partial charge in [-0.2, -0.15) is 0 Å². The number of nitrogens with two attached hydrogens (primary N) is 1. The summed E-state index contributed by atoms with van der Waals surface area (Å²) in [4.78, 5) is 9.64. The van der Waals surface area contributed by atoms with Crippen molar-refractivity contribution >= 4 is 39.1 Å². The van der Waals surface area contributed by atoms with Crippen molar-refractivity contribution in [2.75, 3.05) is 38.4 Å². The number of fused-ring (bicyclic) bond motifs is 1. The van der Waals surface area contributed by atoms with E-state index in [0.29, 0.717) is 30.8 Å². The van der Waals surface area contributed by atoms with Crippen LogP contribution in [0.15, 0.2) is 16.6 Å². The minimum Gasteiger partial charge on any atom is -0.383 e. The summed E-state index contributed by atoms with van der Waals surface area (Å²) in [5, 5.41) is 3.61. The Labute approximate surface area is 114 Å². The maximum atomic E-state index is 5.87. The first-order chi connectivity index (χ1) is 8.81. The third kappa shape index (κ3) is 3.55. The molecule has 18 heavy (non-hydrogen) atoms. The molecule has 0 atom stereocenters. The minimum atomic E-state index is 0.545. The number of hydrogen-bond donors (Lipinski definition) is 1. The van der Waals surface area contributed by atoms with Gasteiger partial charge in [0.25, 0.3) is 0 Å². The molecule has 5 nitrogen and oxygen atoms in total. The molecule has 0 saturated heterocycles. The van der Waals surface area contributed by atoms with E-state index in [2.05, 4.69) is 9.97 Å². The molecule has 0 spiro atoms. The van der Waals surface area contributed by atoms with Crippen molar-refractivity contribution in [1.82, 2.24) is 9.97 Å². The molecule has 0 bridgehead atoms. The lowest BCUT2D eigenvalue weighted by Crippen LogP contribution is -2.05. The van der Waals surface area contributed by atoms with Gasteiger partial charge < -0.3 is 15.2 Å². The summed E-state index contributed by atoms with van der Waals surface area (Å²) in [5.74, 6) is 1.35. The maximum absolute atomic E-state index is 5.87. The van der Waals surface area contributed by atoms with Crippen molar-refractivity contribution in [3.8, 4) is 0 Å². The fraction of sp³-hybridized carbons (Fsp3) is 0.455. The Morgan fingerprint density at radius 3 is 3.06 bits per heavy atom. The summed E-state index contributed by atoms with van der Waals surface area (Å²) in [6.07, 6.45) is 0. The first kappa shape index (κ1) is 13.5. The van der Waals surface area contributed by atoms with Crippen LogP contribution in [0.5, 0.6) is 0 Å². The van der Waals surface area contributed by atoms with Gasteiger partial charge in [-0.05, 0) is 11.4 Å². The Balaban J connectivity index is 1.84. The first-order valence-electron chi connectivity index (χ1n) is 5.51. The first-order valence-corrected chi connectivity index (χ1v) is 7.38. The molecule has 0 fully saturated rings. The van der Waals surface area contributed by atoms with E-state index in [-0.39, 0.29) is 0 Å². The smallest absolute Gasteiger partial charge is 0.190 e. The molecule has 0 aliphatic rings. The lowest BCUT2D eigenvalue weighted by atomic mass is 10.4. The summed E-state index contributed by atoms with van der Waals surface area (Å²) in [5.41, 5.74) is 5.87. The highest BCUT2D eigenvalue weighted by Crippen LogP contribution is 2.25. The molecule has 7 heteroatoms. The number of nitrogen functional groups attached to an aromatic ring is 1. The van der Waals surface area contributed by atoms with Crippen LogP contribution in [0.4, 0.5) is 5.82 Å².